The zero-order chi connectivity index (χ0) is 14.7. The van der Waals surface area contributed by atoms with Crippen LogP contribution in [-0.4, -0.2) is 38.8 Å². The minimum Gasteiger partial charge on any atom is -0.469 e. The van der Waals surface area contributed by atoms with Crippen molar-refractivity contribution in [2.75, 3.05) is 13.7 Å². The monoisotopic (exact) mass is 328 g/mol. The molecule has 20 heavy (non-hydrogen) atoms. The molecule has 1 fully saturated rings. The van der Waals surface area contributed by atoms with Crippen molar-refractivity contribution in [1.29, 1.82) is 0 Å². The van der Waals surface area contributed by atoms with Crippen LogP contribution in [0.5, 0.6) is 0 Å². The van der Waals surface area contributed by atoms with Crippen molar-refractivity contribution in [2.24, 2.45) is 11.7 Å². The Morgan fingerprint density at radius 2 is 1.90 bits per heavy atom. The molecule has 0 aromatic heterocycles. The molecule has 0 heterocycles. The van der Waals surface area contributed by atoms with E-state index in [2.05, 4.69) is 4.72 Å². The number of nitrogens with one attached hydrogen (secondary N) is 1. The van der Waals surface area contributed by atoms with E-state index in [-0.39, 0.29) is 19.0 Å². The molecule has 0 aliphatic heterocycles. The molecule has 0 spiro atoms. The maximum atomic E-state index is 12.3. The van der Waals surface area contributed by atoms with Crippen molar-refractivity contribution in [3.8, 4) is 0 Å². The molecule has 2 unspecified atom stereocenters. The standard InChI is InChI=1S/C12H24N2O4S.ClH/c1-12(2,13)8-14-19(16,17)10-7-5-4-6-9(10)11(15)18-3;/h9-10,14H,4-8,13H2,1-3H3;1H. The van der Waals surface area contributed by atoms with E-state index >= 15 is 0 Å². The van der Waals surface area contributed by atoms with E-state index in [1.165, 1.54) is 7.11 Å². The maximum Gasteiger partial charge on any atom is 0.310 e. The Bertz CT molecular complexity index is 420. The Morgan fingerprint density at radius 1 is 1.35 bits per heavy atom. The van der Waals surface area contributed by atoms with Gasteiger partial charge in [0.05, 0.1) is 18.3 Å². The van der Waals surface area contributed by atoms with Crippen LogP contribution in [0.4, 0.5) is 0 Å². The van der Waals surface area contributed by atoms with E-state index < -0.39 is 32.7 Å². The van der Waals surface area contributed by atoms with Crippen LogP contribution in [0.1, 0.15) is 39.5 Å². The third-order valence-corrected chi connectivity index (χ3v) is 5.24. The number of rotatable bonds is 5. The summed E-state index contributed by atoms with van der Waals surface area (Å²) in [6.07, 6.45) is 2.71. The van der Waals surface area contributed by atoms with Crippen molar-refractivity contribution < 1.29 is 17.9 Å². The highest BCUT2D eigenvalue weighted by atomic mass is 35.5. The summed E-state index contributed by atoms with van der Waals surface area (Å²) in [6, 6.07) is 0. The van der Waals surface area contributed by atoms with Gasteiger partial charge >= 0.3 is 5.97 Å². The van der Waals surface area contributed by atoms with E-state index in [0.717, 1.165) is 12.8 Å². The Morgan fingerprint density at radius 3 is 2.40 bits per heavy atom. The van der Waals surface area contributed by atoms with Gasteiger partial charge in [0.15, 0.2) is 0 Å². The smallest absolute Gasteiger partial charge is 0.310 e. The normalized spacial score (nSPS) is 23.8. The highest BCUT2D eigenvalue weighted by Gasteiger charge is 2.40. The van der Waals surface area contributed by atoms with Crippen molar-refractivity contribution >= 4 is 28.4 Å². The summed E-state index contributed by atoms with van der Waals surface area (Å²) >= 11 is 0. The van der Waals surface area contributed by atoms with Crippen molar-refractivity contribution in [3.63, 3.8) is 0 Å². The van der Waals surface area contributed by atoms with Gasteiger partial charge in [-0.2, -0.15) is 0 Å². The van der Waals surface area contributed by atoms with Crippen LogP contribution in [0.25, 0.3) is 0 Å². The third-order valence-electron chi connectivity index (χ3n) is 3.33. The first-order valence-corrected chi connectivity index (χ1v) is 8.07. The minimum absolute atomic E-state index is 0. The quantitative estimate of drug-likeness (QED) is 0.727. The number of methoxy groups -OCH3 is 1. The number of halogens is 1. The van der Waals surface area contributed by atoms with Crippen LogP contribution >= 0.6 is 12.4 Å². The lowest BCUT2D eigenvalue weighted by atomic mass is 9.89. The number of carbonyl (C=O) groups is 1. The molecular formula is C12H25ClN2O4S. The molecule has 0 saturated heterocycles. The van der Waals surface area contributed by atoms with Crippen LogP contribution < -0.4 is 10.5 Å². The topological polar surface area (TPSA) is 98.5 Å². The van der Waals surface area contributed by atoms with E-state index in [9.17, 15) is 13.2 Å². The van der Waals surface area contributed by atoms with Gasteiger partial charge in [-0.25, -0.2) is 13.1 Å². The van der Waals surface area contributed by atoms with Gasteiger partial charge in [0, 0.05) is 12.1 Å². The average Bonchev–Trinajstić information content (AvgIpc) is 2.35. The van der Waals surface area contributed by atoms with Gasteiger partial charge in [-0.3, -0.25) is 4.79 Å². The average molecular weight is 329 g/mol. The molecule has 8 heteroatoms. The molecule has 0 aromatic rings. The van der Waals surface area contributed by atoms with E-state index in [4.69, 9.17) is 10.5 Å². The second-order valence-corrected chi connectivity index (χ2v) is 7.79. The summed E-state index contributed by atoms with van der Waals surface area (Å²) in [5.41, 5.74) is 5.15. The molecule has 0 radical (unpaired) electrons. The molecule has 3 N–H and O–H groups in total. The zero-order valence-corrected chi connectivity index (χ0v) is 13.9. The van der Waals surface area contributed by atoms with Crippen LogP contribution in [0.3, 0.4) is 0 Å². The van der Waals surface area contributed by atoms with Gasteiger partial charge < -0.3 is 10.5 Å². The number of sulfonamides is 1. The number of hydrogen-bond donors (Lipinski definition) is 2. The molecule has 0 amide bonds. The summed E-state index contributed by atoms with van der Waals surface area (Å²) in [6.45, 7) is 3.64. The van der Waals surface area contributed by atoms with Crippen LogP contribution in [0.2, 0.25) is 0 Å². The summed E-state index contributed by atoms with van der Waals surface area (Å²) < 4.78 is 31.8. The fourth-order valence-electron chi connectivity index (χ4n) is 2.28. The Balaban J connectivity index is 0.00000361. The lowest BCUT2D eigenvalue weighted by Gasteiger charge is -2.30. The molecular weight excluding hydrogens is 304 g/mol. The van der Waals surface area contributed by atoms with Crippen molar-refractivity contribution in [1.82, 2.24) is 4.72 Å². The van der Waals surface area contributed by atoms with E-state index in [1.54, 1.807) is 13.8 Å². The lowest BCUT2D eigenvalue weighted by molar-refractivity contribution is -0.146. The summed E-state index contributed by atoms with van der Waals surface area (Å²) in [5, 5.41) is -0.712. The summed E-state index contributed by atoms with van der Waals surface area (Å²) in [5.74, 6) is -1.01. The highest BCUT2D eigenvalue weighted by Crippen LogP contribution is 2.30. The second kappa shape index (κ2) is 7.59. The van der Waals surface area contributed by atoms with Crippen LogP contribution in [-0.2, 0) is 19.6 Å². The first kappa shape index (κ1) is 19.6. The number of ether oxygens (including phenoxy) is 1. The third kappa shape index (κ3) is 5.55. The summed E-state index contributed by atoms with van der Waals surface area (Å²) in [4.78, 5) is 11.7. The molecule has 1 saturated carbocycles. The van der Waals surface area contributed by atoms with Gasteiger partial charge in [0.1, 0.15) is 0 Å². The highest BCUT2D eigenvalue weighted by molar-refractivity contribution is 7.90. The SMILES string of the molecule is COC(=O)C1CCCCC1S(=O)(=O)NCC(C)(C)N.Cl. The number of carbonyl (C=O) groups excluding carboxylic acids is 1. The first-order valence-electron chi connectivity index (χ1n) is 6.52. The molecule has 0 bridgehead atoms. The molecule has 1 aliphatic carbocycles. The van der Waals surface area contributed by atoms with Gasteiger partial charge in [-0.1, -0.05) is 12.8 Å². The van der Waals surface area contributed by atoms with Crippen molar-refractivity contribution in [2.45, 2.75) is 50.3 Å². The van der Waals surface area contributed by atoms with Gasteiger partial charge in [-0.05, 0) is 26.7 Å². The fourth-order valence-corrected chi connectivity index (χ4v) is 4.23. The molecule has 0 aromatic carbocycles. The predicted octanol–water partition coefficient (Wildman–Crippen LogP) is 0.797. The van der Waals surface area contributed by atoms with Crippen LogP contribution in [0, 0.1) is 5.92 Å². The summed E-state index contributed by atoms with van der Waals surface area (Å²) in [7, 11) is -2.26. The number of nitrogens with two attached hydrogens (primary N) is 1. The van der Waals surface area contributed by atoms with Gasteiger partial charge in [0.2, 0.25) is 10.0 Å². The Kier molecular flexibility index (Phi) is 7.44. The second-order valence-electron chi connectivity index (χ2n) is 5.81. The largest absolute Gasteiger partial charge is 0.469 e. The molecule has 1 aliphatic rings. The Hall–Kier alpha value is -0.370. The predicted molar refractivity (Wildman–Crippen MR) is 80.2 cm³/mol. The fraction of sp³-hybridized carbons (Fsp3) is 0.917. The van der Waals surface area contributed by atoms with Crippen molar-refractivity contribution in [3.05, 3.63) is 0 Å². The van der Waals surface area contributed by atoms with Crippen LogP contribution in [0.15, 0.2) is 0 Å². The van der Waals surface area contributed by atoms with E-state index in [0.29, 0.717) is 12.8 Å². The van der Waals surface area contributed by atoms with Gasteiger partial charge in [-0.15, -0.1) is 12.4 Å². The molecule has 1 rings (SSSR count). The first-order chi connectivity index (χ1) is 8.67. The number of esters is 1. The Labute approximate surface area is 127 Å². The van der Waals surface area contributed by atoms with Gasteiger partial charge in [0.25, 0.3) is 0 Å². The maximum absolute atomic E-state index is 12.3. The molecule has 2 atom stereocenters. The van der Waals surface area contributed by atoms with E-state index in [1.807, 2.05) is 0 Å². The zero-order valence-electron chi connectivity index (χ0n) is 12.2. The minimum atomic E-state index is -3.55. The molecule has 6 nitrogen and oxygen atoms in total. The lowest BCUT2D eigenvalue weighted by Crippen LogP contribution is -2.50. The molecule has 120 valence electrons. The number of hydrogen-bond acceptors (Lipinski definition) is 5.